The molecule has 2 aromatic carbocycles. The zero-order chi connectivity index (χ0) is 16.1. The van der Waals surface area contributed by atoms with Gasteiger partial charge in [-0.05, 0) is 43.0 Å². The summed E-state index contributed by atoms with van der Waals surface area (Å²) in [5.74, 6) is 0.161. The third-order valence-corrected chi connectivity index (χ3v) is 5.46. The second-order valence-electron chi connectivity index (χ2n) is 6.14. The first kappa shape index (κ1) is 16.1. The predicted octanol–water partition coefficient (Wildman–Crippen LogP) is 4.89. The van der Waals surface area contributed by atoms with E-state index in [1.54, 1.807) is 11.8 Å². The molecule has 0 aromatic heterocycles. The lowest BCUT2D eigenvalue weighted by Gasteiger charge is -2.16. The molecule has 1 aliphatic rings. The molecule has 1 aliphatic carbocycles. The van der Waals surface area contributed by atoms with Crippen LogP contribution in [0.15, 0.2) is 59.5 Å². The van der Waals surface area contributed by atoms with E-state index in [-0.39, 0.29) is 11.2 Å². The molecule has 3 rings (SSSR count). The lowest BCUT2D eigenvalue weighted by molar-refractivity contribution is -0.120. The van der Waals surface area contributed by atoms with E-state index in [2.05, 4.69) is 41.7 Å². The maximum atomic E-state index is 12.3. The molecule has 1 unspecified atom stereocenters. The summed E-state index contributed by atoms with van der Waals surface area (Å²) < 4.78 is 0. The van der Waals surface area contributed by atoms with Crippen molar-refractivity contribution in [1.82, 2.24) is 5.32 Å². The fourth-order valence-electron chi connectivity index (χ4n) is 3.00. The maximum Gasteiger partial charge on any atom is 0.233 e. The first-order chi connectivity index (χ1) is 11.2. The van der Waals surface area contributed by atoms with Crippen LogP contribution in [0.5, 0.6) is 0 Å². The van der Waals surface area contributed by atoms with Crippen LogP contribution in [0.1, 0.15) is 32.6 Å². The van der Waals surface area contributed by atoms with Crippen molar-refractivity contribution >= 4 is 17.7 Å². The topological polar surface area (TPSA) is 29.1 Å². The Morgan fingerprint density at radius 2 is 1.61 bits per heavy atom. The summed E-state index contributed by atoms with van der Waals surface area (Å²) in [6.45, 7) is 1.99. The number of rotatable bonds is 5. The van der Waals surface area contributed by atoms with Crippen LogP contribution >= 0.6 is 11.8 Å². The van der Waals surface area contributed by atoms with Crippen LogP contribution in [0.2, 0.25) is 0 Å². The molecule has 2 aromatic rings. The van der Waals surface area contributed by atoms with E-state index < -0.39 is 0 Å². The van der Waals surface area contributed by atoms with Gasteiger partial charge in [0.1, 0.15) is 0 Å². The highest BCUT2D eigenvalue weighted by Crippen LogP contribution is 2.27. The van der Waals surface area contributed by atoms with Crippen molar-refractivity contribution in [1.29, 1.82) is 0 Å². The number of thioether (sulfide) groups is 1. The zero-order valence-corrected chi connectivity index (χ0v) is 14.3. The molecule has 1 saturated carbocycles. The smallest absolute Gasteiger partial charge is 0.233 e. The molecule has 2 nitrogen and oxygen atoms in total. The lowest BCUT2D eigenvalue weighted by atomic mass is 10.1. The van der Waals surface area contributed by atoms with E-state index in [1.165, 1.54) is 24.0 Å². The molecule has 1 amide bonds. The normalized spacial score (nSPS) is 16.2. The van der Waals surface area contributed by atoms with Crippen LogP contribution in [-0.2, 0) is 4.79 Å². The average Bonchev–Trinajstić information content (AvgIpc) is 3.09. The number of hydrogen-bond acceptors (Lipinski definition) is 2. The standard InChI is InChI=1S/C20H23NOS/c1-15(20(22)21-18-9-5-6-10-18)23-19-13-11-17(12-14-19)16-7-3-2-4-8-16/h2-4,7-8,11-15,18H,5-6,9-10H2,1H3,(H,21,22). The van der Waals surface area contributed by atoms with Crippen molar-refractivity contribution in [2.24, 2.45) is 0 Å². The molecule has 0 heterocycles. The van der Waals surface area contributed by atoms with Gasteiger partial charge < -0.3 is 5.32 Å². The molecule has 0 spiro atoms. The van der Waals surface area contributed by atoms with E-state index in [4.69, 9.17) is 0 Å². The highest BCUT2D eigenvalue weighted by Gasteiger charge is 2.21. The van der Waals surface area contributed by atoms with E-state index in [1.807, 2.05) is 25.1 Å². The molecule has 23 heavy (non-hydrogen) atoms. The molecular weight excluding hydrogens is 302 g/mol. The van der Waals surface area contributed by atoms with Gasteiger partial charge in [0.25, 0.3) is 0 Å². The van der Waals surface area contributed by atoms with Crippen LogP contribution in [0.4, 0.5) is 0 Å². The van der Waals surface area contributed by atoms with Gasteiger partial charge >= 0.3 is 0 Å². The van der Waals surface area contributed by atoms with Crippen molar-refractivity contribution in [3.05, 3.63) is 54.6 Å². The number of nitrogens with one attached hydrogen (secondary N) is 1. The first-order valence-electron chi connectivity index (χ1n) is 8.35. The average molecular weight is 325 g/mol. The summed E-state index contributed by atoms with van der Waals surface area (Å²) in [6.07, 6.45) is 4.75. The quantitative estimate of drug-likeness (QED) is 0.793. The molecule has 0 radical (unpaired) electrons. The Morgan fingerprint density at radius 3 is 2.26 bits per heavy atom. The Bertz CT molecular complexity index is 632. The van der Waals surface area contributed by atoms with E-state index >= 15 is 0 Å². The van der Waals surface area contributed by atoms with Gasteiger partial charge in [-0.1, -0.05) is 55.3 Å². The minimum absolute atomic E-state index is 0.0572. The Labute approximate surface area is 142 Å². The van der Waals surface area contributed by atoms with Crippen LogP contribution in [0.25, 0.3) is 11.1 Å². The van der Waals surface area contributed by atoms with Gasteiger partial charge in [0.05, 0.1) is 5.25 Å². The van der Waals surface area contributed by atoms with Gasteiger partial charge in [-0.3, -0.25) is 4.79 Å². The van der Waals surface area contributed by atoms with Crippen molar-refractivity contribution in [2.45, 2.75) is 48.8 Å². The number of carbonyl (C=O) groups excluding carboxylic acids is 1. The Kier molecular flexibility index (Phi) is 5.39. The molecule has 0 bridgehead atoms. The van der Waals surface area contributed by atoms with Crippen LogP contribution in [0, 0.1) is 0 Å². The second kappa shape index (κ2) is 7.69. The fourth-order valence-corrected chi connectivity index (χ4v) is 3.88. The predicted molar refractivity (Wildman–Crippen MR) is 97.6 cm³/mol. The fraction of sp³-hybridized carbons (Fsp3) is 0.350. The number of carbonyl (C=O) groups is 1. The minimum atomic E-state index is -0.0572. The molecule has 1 atom stereocenters. The molecule has 3 heteroatoms. The van der Waals surface area contributed by atoms with E-state index in [9.17, 15) is 4.79 Å². The van der Waals surface area contributed by atoms with E-state index in [0.29, 0.717) is 6.04 Å². The molecule has 0 aliphatic heterocycles. The maximum absolute atomic E-state index is 12.3. The van der Waals surface area contributed by atoms with Crippen LogP contribution < -0.4 is 5.32 Å². The highest BCUT2D eigenvalue weighted by molar-refractivity contribution is 8.00. The van der Waals surface area contributed by atoms with Crippen LogP contribution in [-0.4, -0.2) is 17.2 Å². The van der Waals surface area contributed by atoms with Gasteiger partial charge in [-0.15, -0.1) is 11.8 Å². The number of hydrogen-bond donors (Lipinski definition) is 1. The summed E-state index contributed by atoms with van der Waals surface area (Å²) in [5, 5.41) is 3.12. The van der Waals surface area contributed by atoms with Gasteiger partial charge in [0.15, 0.2) is 0 Å². The Hall–Kier alpha value is -1.74. The van der Waals surface area contributed by atoms with Crippen molar-refractivity contribution in [2.75, 3.05) is 0 Å². The summed E-state index contributed by atoms with van der Waals surface area (Å²) in [7, 11) is 0. The SMILES string of the molecule is CC(Sc1ccc(-c2ccccc2)cc1)C(=O)NC1CCCC1. The zero-order valence-electron chi connectivity index (χ0n) is 13.5. The van der Waals surface area contributed by atoms with Gasteiger partial charge in [-0.2, -0.15) is 0 Å². The monoisotopic (exact) mass is 325 g/mol. The molecule has 0 saturated heterocycles. The third-order valence-electron chi connectivity index (χ3n) is 4.35. The van der Waals surface area contributed by atoms with Crippen molar-refractivity contribution in [3.63, 3.8) is 0 Å². The Balaban J connectivity index is 1.58. The minimum Gasteiger partial charge on any atom is -0.352 e. The van der Waals surface area contributed by atoms with Gasteiger partial charge in [0, 0.05) is 10.9 Å². The number of amides is 1. The third kappa shape index (κ3) is 4.38. The van der Waals surface area contributed by atoms with Crippen LogP contribution in [0.3, 0.4) is 0 Å². The Morgan fingerprint density at radius 1 is 1.00 bits per heavy atom. The lowest BCUT2D eigenvalue weighted by Crippen LogP contribution is -2.37. The molecule has 1 fully saturated rings. The summed E-state index contributed by atoms with van der Waals surface area (Å²) >= 11 is 1.63. The number of benzene rings is 2. The van der Waals surface area contributed by atoms with Crippen molar-refractivity contribution in [3.8, 4) is 11.1 Å². The summed E-state index contributed by atoms with van der Waals surface area (Å²) in [5.41, 5.74) is 2.43. The first-order valence-corrected chi connectivity index (χ1v) is 9.23. The summed E-state index contributed by atoms with van der Waals surface area (Å²) in [4.78, 5) is 13.4. The van der Waals surface area contributed by atoms with Gasteiger partial charge in [0.2, 0.25) is 5.91 Å². The largest absolute Gasteiger partial charge is 0.352 e. The molecular formula is C20H23NOS. The molecule has 120 valence electrons. The van der Waals surface area contributed by atoms with E-state index in [0.717, 1.165) is 17.7 Å². The molecule has 1 N–H and O–H groups in total. The van der Waals surface area contributed by atoms with Gasteiger partial charge in [-0.25, -0.2) is 0 Å². The highest BCUT2D eigenvalue weighted by atomic mass is 32.2. The van der Waals surface area contributed by atoms with Crippen molar-refractivity contribution < 1.29 is 4.79 Å². The summed E-state index contributed by atoms with van der Waals surface area (Å²) in [6, 6.07) is 19.2. The second-order valence-corrected chi connectivity index (χ2v) is 7.55.